The molecule has 0 radical (unpaired) electrons. The smallest absolute Gasteiger partial charge is 0.341 e. The van der Waals surface area contributed by atoms with Crippen LogP contribution in [0.5, 0.6) is 11.8 Å². The van der Waals surface area contributed by atoms with Crippen molar-refractivity contribution in [3.63, 3.8) is 0 Å². The molecule has 1 aliphatic rings. The zero-order chi connectivity index (χ0) is 29.1. The monoisotopic (exact) mass is 597 g/mol. The van der Waals surface area contributed by atoms with E-state index in [9.17, 15) is 14.7 Å². The first-order valence-electron chi connectivity index (χ1n) is 13.1. The van der Waals surface area contributed by atoms with Crippen LogP contribution in [0.3, 0.4) is 0 Å². The molecule has 1 atom stereocenters. The number of anilines is 1. The van der Waals surface area contributed by atoms with Gasteiger partial charge in [-0.25, -0.2) is 14.8 Å². The van der Waals surface area contributed by atoms with E-state index in [1.54, 1.807) is 41.2 Å². The maximum absolute atomic E-state index is 13.2. The van der Waals surface area contributed by atoms with Crippen LogP contribution in [0.1, 0.15) is 23.2 Å². The highest BCUT2D eigenvalue weighted by Crippen LogP contribution is 2.36. The lowest BCUT2D eigenvalue weighted by molar-refractivity contribution is 0.0695. The first kappa shape index (κ1) is 28.7. The van der Waals surface area contributed by atoms with E-state index < -0.39 is 11.4 Å². The van der Waals surface area contributed by atoms with Gasteiger partial charge in [0.2, 0.25) is 17.2 Å². The van der Waals surface area contributed by atoms with E-state index in [2.05, 4.69) is 14.9 Å². The van der Waals surface area contributed by atoms with Gasteiger partial charge in [0.05, 0.1) is 34.2 Å². The average Bonchev–Trinajstić information content (AvgIpc) is 3.41. The molecular weight excluding hydrogens is 569 g/mol. The highest BCUT2D eigenvalue weighted by molar-refractivity contribution is 6.34. The van der Waals surface area contributed by atoms with Gasteiger partial charge in [0, 0.05) is 36.9 Å². The lowest BCUT2D eigenvalue weighted by Crippen LogP contribution is -2.34. The molecule has 214 valence electrons. The second-order valence-electron chi connectivity index (χ2n) is 9.97. The Balaban J connectivity index is 1.52. The third kappa shape index (κ3) is 6.24. The van der Waals surface area contributed by atoms with Crippen molar-refractivity contribution in [3.8, 4) is 17.4 Å². The first-order chi connectivity index (χ1) is 19.7. The molecule has 5 rings (SSSR count). The number of rotatable bonds is 10. The molecule has 1 aromatic carbocycles. The normalized spacial score (nSPS) is 15.0. The van der Waals surface area contributed by atoms with Crippen LogP contribution in [0, 0.1) is 0 Å². The fourth-order valence-corrected chi connectivity index (χ4v) is 5.28. The van der Waals surface area contributed by atoms with Crippen molar-refractivity contribution in [3.05, 3.63) is 80.8 Å². The Morgan fingerprint density at radius 3 is 2.68 bits per heavy atom. The van der Waals surface area contributed by atoms with Crippen molar-refractivity contribution in [1.29, 1.82) is 0 Å². The van der Waals surface area contributed by atoms with Gasteiger partial charge in [0.15, 0.2) is 0 Å². The number of hydrogen-bond acceptors (Lipinski definition) is 8. The number of nitrogens with zero attached hydrogens (tertiary/aromatic N) is 5. The molecule has 4 heterocycles. The molecule has 0 amide bonds. The molecule has 1 aliphatic heterocycles. The number of halogens is 2. The largest absolute Gasteiger partial charge is 0.477 e. The zero-order valence-electron chi connectivity index (χ0n) is 22.6. The van der Waals surface area contributed by atoms with Gasteiger partial charge in [-0.3, -0.25) is 4.79 Å². The number of aromatic nitrogens is 3. The lowest BCUT2D eigenvalue weighted by Gasteiger charge is -2.28. The summed E-state index contributed by atoms with van der Waals surface area (Å²) in [6.07, 6.45) is 6.31. The van der Waals surface area contributed by atoms with Gasteiger partial charge >= 0.3 is 5.97 Å². The van der Waals surface area contributed by atoms with Crippen molar-refractivity contribution in [2.24, 2.45) is 0 Å². The molecule has 1 fully saturated rings. The Hall–Kier alpha value is -3.86. The minimum Gasteiger partial charge on any atom is -0.477 e. The summed E-state index contributed by atoms with van der Waals surface area (Å²) >= 11 is 13.0. The van der Waals surface area contributed by atoms with Crippen molar-refractivity contribution in [2.75, 3.05) is 45.3 Å². The summed E-state index contributed by atoms with van der Waals surface area (Å²) in [4.78, 5) is 37.9. The van der Waals surface area contributed by atoms with E-state index in [1.807, 2.05) is 25.1 Å². The minimum atomic E-state index is -1.33. The maximum atomic E-state index is 13.2. The van der Waals surface area contributed by atoms with Crippen LogP contribution in [0.15, 0.2) is 59.8 Å². The summed E-state index contributed by atoms with van der Waals surface area (Å²) in [5.74, 6) is -0.522. The summed E-state index contributed by atoms with van der Waals surface area (Å²) in [7, 11) is 3.91. The number of carboxylic acid groups (broad SMARTS) is 1. The zero-order valence-corrected chi connectivity index (χ0v) is 24.1. The number of pyridine rings is 3. The minimum absolute atomic E-state index is 0.0123. The molecule has 0 unspecified atom stereocenters. The predicted octanol–water partition coefficient (Wildman–Crippen LogP) is 4.77. The molecular formula is C29H29Cl2N5O5. The third-order valence-corrected chi connectivity index (χ3v) is 7.50. The molecule has 0 spiro atoms. The van der Waals surface area contributed by atoms with Crippen LogP contribution >= 0.6 is 23.2 Å². The van der Waals surface area contributed by atoms with E-state index in [0.29, 0.717) is 51.9 Å². The fraction of sp³-hybridized carbons (Fsp3) is 0.310. The molecule has 12 heteroatoms. The predicted molar refractivity (Wildman–Crippen MR) is 158 cm³/mol. The summed E-state index contributed by atoms with van der Waals surface area (Å²) in [6.45, 7) is 2.28. The molecule has 0 bridgehead atoms. The number of carbonyl (C=O) groups is 1. The van der Waals surface area contributed by atoms with E-state index in [1.165, 1.54) is 12.3 Å². The Bertz CT molecular complexity index is 1630. The lowest BCUT2D eigenvalue weighted by atomic mass is 10.1. The van der Waals surface area contributed by atoms with Crippen molar-refractivity contribution in [2.45, 2.75) is 18.9 Å². The van der Waals surface area contributed by atoms with Crippen LogP contribution in [-0.4, -0.2) is 77.0 Å². The van der Waals surface area contributed by atoms with Crippen LogP contribution < -0.4 is 19.8 Å². The number of benzene rings is 1. The van der Waals surface area contributed by atoms with Crippen molar-refractivity contribution < 1.29 is 19.4 Å². The Morgan fingerprint density at radius 2 is 1.98 bits per heavy atom. The second kappa shape index (κ2) is 12.3. The molecule has 3 aromatic heterocycles. The van der Waals surface area contributed by atoms with Gasteiger partial charge in [-0.1, -0.05) is 23.2 Å². The Morgan fingerprint density at radius 1 is 1.15 bits per heavy atom. The van der Waals surface area contributed by atoms with Gasteiger partial charge < -0.3 is 28.9 Å². The molecule has 4 aromatic rings. The van der Waals surface area contributed by atoms with E-state index >= 15 is 0 Å². The van der Waals surface area contributed by atoms with E-state index in [0.717, 1.165) is 25.9 Å². The molecule has 41 heavy (non-hydrogen) atoms. The van der Waals surface area contributed by atoms with Crippen LogP contribution in [0.25, 0.3) is 16.6 Å². The first-order valence-corrected chi connectivity index (χ1v) is 13.8. The van der Waals surface area contributed by atoms with Crippen LogP contribution in [0.2, 0.25) is 10.0 Å². The Labute approximate surface area is 246 Å². The number of carboxylic acids is 1. The summed E-state index contributed by atoms with van der Waals surface area (Å²) in [6, 6.07) is 10.3. The number of hydrogen-bond donors (Lipinski definition) is 1. The SMILES string of the molecule is CN(C)CCOc1ccc(-n2cc(C(=O)O)c(=O)c3cc(Cl)c(N4CCC[C@@H]4COc4ncccc4Cl)cc32)cn1. The van der Waals surface area contributed by atoms with Crippen LogP contribution in [-0.2, 0) is 0 Å². The molecule has 0 aliphatic carbocycles. The van der Waals surface area contributed by atoms with Gasteiger partial charge in [-0.05, 0) is 57.3 Å². The van der Waals surface area contributed by atoms with Crippen LogP contribution in [0.4, 0.5) is 5.69 Å². The quantitative estimate of drug-likeness (QED) is 0.276. The van der Waals surface area contributed by atoms with Crippen molar-refractivity contribution in [1.82, 2.24) is 19.4 Å². The maximum Gasteiger partial charge on any atom is 0.341 e. The molecule has 1 N–H and O–H groups in total. The number of fused-ring (bicyclic) bond motifs is 1. The second-order valence-corrected chi connectivity index (χ2v) is 10.8. The number of ether oxygens (including phenoxy) is 2. The van der Waals surface area contributed by atoms with Crippen molar-refractivity contribution >= 4 is 45.8 Å². The summed E-state index contributed by atoms with van der Waals surface area (Å²) in [5.41, 5.74) is 0.802. The van der Waals surface area contributed by atoms with Gasteiger partial charge in [0.1, 0.15) is 23.8 Å². The van der Waals surface area contributed by atoms with Gasteiger partial charge in [0.25, 0.3) is 0 Å². The average molecular weight is 598 g/mol. The third-order valence-electron chi connectivity index (χ3n) is 6.91. The summed E-state index contributed by atoms with van der Waals surface area (Å²) in [5, 5.41) is 10.7. The number of likely N-dealkylation sites (N-methyl/N-ethyl adjacent to an activating group) is 1. The standard InChI is InChI=1S/C29H29Cl2N5O5/c1-34(2)11-12-40-26-8-7-18(15-33-26)36-16-21(29(38)39)27(37)20-13-23(31)25(14-24(20)36)35-10-4-5-19(35)17-41-28-22(30)6-3-9-32-28/h3,6-9,13-16,19H,4-5,10-12,17H2,1-2H3,(H,38,39)/t19-/m1/s1. The Kier molecular flexibility index (Phi) is 8.63. The van der Waals surface area contributed by atoms with Gasteiger partial charge in [-0.15, -0.1) is 0 Å². The topological polar surface area (TPSA) is 110 Å². The highest BCUT2D eigenvalue weighted by atomic mass is 35.5. The van der Waals surface area contributed by atoms with E-state index in [-0.39, 0.29) is 17.0 Å². The summed E-state index contributed by atoms with van der Waals surface area (Å²) < 4.78 is 13.3. The molecule has 10 nitrogen and oxygen atoms in total. The number of aromatic carboxylic acids is 1. The van der Waals surface area contributed by atoms with E-state index in [4.69, 9.17) is 32.7 Å². The fourth-order valence-electron chi connectivity index (χ4n) is 4.83. The van der Waals surface area contributed by atoms with Gasteiger partial charge in [-0.2, -0.15) is 0 Å². The molecule has 1 saturated heterocycles. The molecule has 0 saturated carbocycles. The highest BCUT2D eigenvalue weighted by Gasteiger charge is 2.28.